The maximum absolute atomic E-state index is 13.5. The molecule has 4 nitrogen and oxygen atoms in total. The molecule has 156 valence electrons. The largest absolute Gasteiger partial charge is 0.338 e. The van der Waals surface area contributed by atoms with Crippen molar-refractivity contribution in [1.29, 1.82) is 0 Å². The molecule has 1 amide bonds. The van der Waals surface area contributed by atoms with Gasteiger partial charge in [-0.25, -0.2) is 14.4 Å². The van der Waals surface area contributed by atoms with E-state index in [-0.39, 0.29) is 5.91 Å². The van der Waals surface area contributed by atoms with Crippen LogP contribution in [0.3, 0.4) is 0 Å². The number of hydrogen-bond donors (Lipinski definition) is 0. The Morgan fingerprint density at radius 1 is 0.871 bits per heavy atom. The number of halogens is 1. The lowest BCUT2D eigenvalue weighted by Crippen LogP contribution is -2.39. The predicted octanol–water partition coefficient (Wildman–Crippen LogP) is 3.54. The third-order valence-corrected chi connectivity index (χ3v) is 6.00. The molecule has 5 rings (SSSR count). The zero-order chi connectivity index (χ0) is 21.2. The van der Waals surface area contributed by atoms with Gasteiger partial charge in [0.2, 0.25) is 0 Å². The van der Waals surface area contributed by atoms with Crippen LogP contribution in [-0.2, 0) is 0 Å². The first-order chi connectivity index (χ1) is 15.2. The Morgan fingerprint density at radius 3 is 2.06 bits per heavy atom. The van der Waals surface area contributed by atoms with Gasteiger partial charge in [-0.15, -0.1) is 0 Å². The fourth-order valence-corrected chi connectivity index (χ4v) is 4.25. The van der Waals surface area contributed by atoms with Gasteiger partial charge in [0.1, 0.15) is 6.17 Å². The minimum atomic E-state index is -0.802. The van der Waals surface area contributed by atoms with Gasteiger partial charge in [0, 0.05) is 18.7 Å². The number of fused-ring (bicyclic) bond motifs is 1. The highest BCUT2D eigenvalue weighted by atomic mass is 19.1. The first-order valence-corrected chi connectivity index (χ1v) is 10.8. The van der Waals surface area contributed by atoms with Crippen LogP contribution >= 0.6 is 0 Å². The topological polar surface area (TPSA) is 46.1 Å². The van der Waals surface area contributed by atoms with Gasteiger partial charge in [0.05, 0.1) is 21.7 Å². The summed E-state index contributed by atoms with van der Waals surface area (Å²) in [6.07, 6.45) is 18.2. The summed E-state index contributed by atoms with van der Waals surface area (Å²) in [7, 11) is 0. The molecule has 0 spiro atoms. The summed E-state index contributed by atoms with van der Waals surface area (Å²) in [4.78, 5) is 24.6. The lowest BCUT2D eigenvalue weighted by Gasteiger charge is -2.28. The van der Waals surface area contributed by atoms with Gasteiger partial charge in [0.25, 0.3) is 5.91 Å². The third kappa shape index (κ3) is 4.00. The van der Waals surface area contributed by atoms with E-state index in [4.69, 9.17) is 9.97 Å². The number of nitrogens with zero attached hydrogens (tertiary/aromatic N) is 3. The molecule has 0 unspecified atom stereocenters. The van der Waals surface area contributed by atoms with Crippen LogP contribution in [0.25, 0.3) is 22.2 Å². The van der Waals surface area contributed by atoms with Crippen molar-refractivity contribution in [2.45, 2.75) is 31.9 Å². The molecule has 0 saturated carbocycles. The normalized spacial score (nSPS) is 22.4. The van der Waals surface area contributed by atoms with Gasteiger partial charge >= 0.3 is 0 Å². The summed E-state index contributed by atoms with van der Waals surface area (Å²) in [5.41, 5.74) is 4.30. The minimum absolute atomic E-state index is 0.0656. The van der Waals surface area contributed by atoms with Crippen LogP contribution in [0, 0.1) is 0 Å². The zero-order valence-electron chi connectivity index (χ0n) is 17.3. The molecule has 2 aliphatic carbocycles. The molecule has 1 aliphatic heterocycles. The molecule has 1 aromatic carbocycles. The van der Waals surface area contributed by atoms with E-state index in [9.17, 15) is 9.18 Å². The number of benzene rings is 1. The summed E-state index contributed by atoms with van der Waals surface area (Å²) in [6.45, 7) is 0.919. The Hall–Kier alpha value is -3.34. The number of likely N-dealkylation sites (tertiary alicyclic amines) is 1. The molecule has 2 heterocycles. The van der Waals surface area contributed by atoms with Crippen molar-refractivity contribution in [1.82, 2.24) is 14.9 Å². The molecule has 1 saturated heterocycles. The van der Waals surface area contributed by atoms with Crippen LogP contribution in [-0.4, -0.2) is 40.0 Å². The van der Waals surface area contributed by atoms with Crippen molar-refractivity contribution in [3.05, 3.63) is 83.1 Å². The number of carbonyl (C=O) groups excluding carboxylic acids is 1. The standard InChI is InChI=1S/C26H24FN3O/c27-21-13-15-30(16-14-21)26(31)20-11-12-22-23(17-20)29-25(19-9-5-2-6-10-19)24(28-22)18-7-3-1-4-8-18/h1-7,9,11-12,17,21H,8,10,13-16H2. The maximum Gasteiger partial charge on any atom is 0.253 e. The van der Waals surface area contributed by atoms with Gasteiger partial charge in [-0.2, -0.15) is 0 Å². The number of piperidine rings is 1. The summed E-state index contributed by atoms with van der Waals surface area (Å²) < 4.78 is 13.5. The van der Waals surface area contributed by atoms with Crippen LogP contribution in [0.15, 0.2) is 66.8 Å². The molecule has 3 aliphatic rings. The molecular weight excluding hydrogens is 389 g/mol. The third-order valence-electron chi connectivity index (χ3n) is 6.00. The SMILES string of the molecule is O=C(c1ccc2nc(=C3C=CC=CC3)c(=C3C=CC=CC3)nc2c1)N1CCC(F)CC1. The Bertz CT molecular complexity index is 1280. The summed E-state index contributed by atoms with van der Waals surface area (Å²) >= 11 is 0. The van der Waals surface area contributed by atoms with E-state index in [1.54, 1.807) is 4.90 Å². The van der Waals surface area contributed by atoms with E-state index >= 15 is 0 Å². The number of alkyl halides is 1. The molecule has 0 bridgehead atoms. The van der Waals surface area contributed by atoms with Gasteiger partial charge < -0.3 is 4.90 Å². The van der Waals surface area contributed by atoms with Gasteiger partial charge in [-0.05, 0) is 55.0 Å². The highest BCUT2D eigenvalue weighted by molar-refractivity contribution is 5.97. The minimum Gasteiger partial charge on any atom is -0.338 e. The average Bonchev–Trinajstić information content (AvgIpc) is 2.84. The summed E-state index contributed by atoms with van der Waals surface area (Å²) in [5.74, 6) is -0.0656. The van der Waals surface area contributed by atoms with Crippen molar-refractivity contribution < 1.29 is 9.18 Å². The lowest BCUT2D eigenvalue weighted by atomic mass is 10.0. The van der Waals surface area contributed by atoms with Crippen molar-refractivity contribution in [2.75, 3.05) is 13.1 Å². The predicted molar refractivity (Wildman–Crippen MR) is 121 cm³/mol. The van der Waals surface area contributed by atoms with Crippen molar-refractivity contribution in [3.63, 3.8) is 0 Å². The Kier molecular flexibility index (Phi) is 5.33. The van der Waals surface area contributed by atoms with Crippen molar-refractivity contribution >= 4 is 28.1 Å². The van der Waals surface area contributed by atoms with E-state index in [2.05, 4.69) is 24.3 Å². The van der Waals surface area contributed by atoms with E-state index in [0.717, 1.165) is 40.2 Å². The molecule has 0 N–H and O–H groups in total. The number of amides is 1. The average molecular weight is 413 g/mol. The Labute approximate surface area is 180 Å². The molecule has 31 heavy (non-hydrogen) atoms. The van der Waals surface area contributed by atoms with E-state index < -0.39 is 6.17 Å². The zero-order valence-corrected chi connectivity index (χ0v) is 17.3. The van der Waals surface area contributed by atoms with Gasteiger partial charge in [0.15, 0.2) is 0 Å². The molecule has 1 aromatic heterocycles. The van der Waals surface area contributed by atoms with Crippen LogP contribution in [0.5, 0.6) is 0 Å². The van der Waals surface area contributed by atoms with Gasteiger partial charge in [-0.3, -0.25) is 4.79 Å². The monoisotopic (exact) mass is 413 g/mol. The fourth-order valence-electron chi connectivity index (χ4n) is 4.25. The Balaban J connectivity index is 1.64. The number of aromatic nitrogens is 2. The second-order valence-corrected chi connectivity index (χ2v) is 8.12. The quantitative estimate of drug-likeness (QED) is 0.719. The van der Waals surface area contributed by atoms with Crippen LogP contribution < -0.4 is 10.7 Å². The van der Waals surface area contributed by atoms with Gasteiger partial charge in [-0.1, -0.05) is 48.6 Å². The second kappa shape index (κ2) is 8.42. The molecule has 0 atom stereocenters. The highest BCUT2D eigenvalue weighted by Crippen LogP contribution is 2.18. The summed E-state index contributed by atoms with van der Waals surface area (Å²) in [6, 6.07) is 5.50. The number of carbonyl (C=O) groups is 1. The van der Waals surface area contributed by atoms with Crippen LogP contribution in [0.2, 0.25) is 0 Å². The fraction of sp³-hybridized carbons (Fsp3) is 0.269. The molecule has 0 radical (unpaired) electrons. The van der Waals surface area contributed by atoms with E-state index in [0.29, 0.717) is 37.0 Å². The first-order valence-electron chi connectivity index (χ1n) is 10.8. The maximum atomic E-state index is 13.5. The highest BCUT2D eigenvalue weighted by Gasteiger charge is 2.23. The first kappa shape index (κ1) is 19.6. The van der Waals surface area contributed by atoms with Crippen LogP contribution in [0.1, 0.15) is 36.0 Å². The Morgan fingerprint density at radius 2 is 1.48 bits per heavy atom. The summed E-state index contributed by atoms with van der Waals surface area (Å²) in [5, 5.41) is 1.76. The van der Waals surface area contributed by atoms with Crippen molar-refractivity contribution in [3.8, 4) is 0 Å². The smallest absolute Gasteiger partial charge is 0.253 e. The molecule has 5 heteroatoms. The molecule has 2 aromatic rings. The van der Waals surface area contributed by atoms with Crippen LogP contribution in [0.4, 0.5) is 4.39 Å². The van der Waals surface area contributed by atoms with E-state index in [1.165, 1.54) is 0 Å². The molecular formula is C26H24FN3O. The lowest BCUT2D eigenvalue weighted by molar-refractivity contribution is 0.0667. The molecule has 1 fully saturated rings. The van der Waals surface area contributed by atoms with Crippen molar-refractivity contribution in [2.24, 2.45) is 0 Å². The number of hydrogen-bond acceptors (Lipinski definition) is 3. The second-order valence-electron chi connectivity index (χ2n) is 8.12. The number of rotatable bonds is 1. The van der Waals surface area contributed by atoms with E-state index in [1.807, 2.05) is 42.5 Å². The number of allylic oxidation sites excluding steroid dienone is 8.